The summed E-state index contributed by atoms with van der Waals surface area (Å²) in [7, 11) is 0. The molecule has 0 aromatic carbocycles. The third kappa shape index (κ3) is 2.72. The van der Waals surface area contributed by atoms with Crippen LogP contribution in [0.5, 0.6) is 0 Å². The summed E-state index contributed by atoms with van der Waals surface area (Å²) >= 11 is 0. The molecule has 0 unspecified atom stereocenters. The largest absolute Gasteiger partial charge is 0.300 e. The summed E-state index contributed by atoms with van der Waals surface area (Å²) in [5, 5.41) is 8.56. The average Bonchev–Trinajstić information content (AvgIpc) is 2.30. The van der Waals surface area contributed by atoms with Crippen LogP contribution < -0.4 is 0 Å². The Kier molecular flexibility index (Phi) is 4.02. The van der Waals surface area contributed by atoms with Gasteiger partial charge in [-0.1, -0.05) is 12.8 Å². The zero-order valence-electron chi connectivity index (χ0n) is 9.62. The maximum atomic E-state index is 8.56. The molecule has 0 bridgehead atoms. The van der Waals surface area contributed by atoms with Crippen LogP contribution in [0.2, 0.25) is 0 Å². The number of likely N-dealkylation sites (tertiary alicyclic amines) is 1. The van der Waals surface area contributed by atoms with Crippen molar-refractivity contribution < 1.29 is 0 Å². The number of rotatable bonds is 3. The summed E-state index contributed by atoms with van der Waals surface area (Å²) in [5.74, 6) is 0.981. The molecule has 1 aliphatic carbocycles. The molecule has 0 radical (unpaired) electrons. The number of nitriles is 1. The van der Waals surface area contributed by atoms with Gasteiger partial charge in [0.15, 0.2) is 0 Å². The normalized spacial score (nSPS) is 31.9. The fourth-order valence-electron chi connectivity index (χ4n) is 3.37. The predicted molar refractivity (Wildman–Crippen MR) is 61.4 cm³/mol. The molecule has 0 aromatic rings. The van der Waals surface area contributed by atoms with E-state index in [2.05, 4.69) is 11.0 Å². The van der Waals surface area contributed by atoms with Crippen LogP contribution >= 0.6 is 0 Å². The van der Waals surface area contributed by atoms with E-state index in [1.54, 1.807) is 0 Å². The van der Waals surface area contributed by atoms with Crippen molar-refractivity contribution in [2.45, 2.75) is 57.4 Å². The summed E-state index contributed by atoms with van der Waals surface area (Å²) in [6.45, 7) is 2.45. The lowest BCUT2D eigenvalue weighted by atomic mass is 9.78. The van der Waals surface area contributed by atoms with Crippen molar-refractivity contribution in [3.8, 4) is 6.07 Å². The Morgan fingerprint density at radius 2 is 1.93 bits per heavy atom. The van der Waals surface area contributed by atoms with Crippen LogP contribution in [0, 0.1) is 17.2 Å². The van der Waals surface area contributed by atoms with E-state index >= 15 is 0 Å². The highest BCUT2D eigenvalue weighted by Gasteiger charge is 2.32. The quantitative estimate of drug-likeness (QED) is 0.664. The fraction of sp³-hybridized carbons (Fsp3) is 0.923. The predicted octanol–water partition coefficient (Wildman–Crippen LogP) is 2.94. The van der Waals surface area contributed by atoms with Crippen LogP contribution in [-0.4, -0.2) is 24.0 Å². The van der Waals surface area contributed by atoms with Crippen LogP contribution in [0.15, 0.2) is 0 Å². The highest BCUT2D eigenvalue weighted by atomic mass is 15.2. The van der Waals surface area contributed by atoms with E-state index in [1.807, 2.05) is 0 Å². The maximum absolute atomic E-state index is 8.56. The van der Waals surface area contributed by atoms with Gasteiger partial charge in [-0.25, -0.2) is 0 Å². The minimum Gasteiger partial charge on any atom is -0.300 e. The molecule has 0 aromatic heterocycles. The van der Waals surface area contributed by atoms with Gasteiger partial charge in [0, 0.05) is 12.5 Å². The third-order valence-electron chi connectivity index (χ3n) is 4.09. The molecule has 2 rings (SSSR count). The topological polar surface area (TPSA) is 27.0 Å². The number of hydrogen-bond acceptors (Lipinski definition) is 2. The second-order valence-corrected chi connectivity index (χ2v) is 5.05. The van der Waals surface area contributed by atoms with Crippen molar-refractivity contribution in [3.63, 3.8) is 0 Å². The van der Waals surface area contributed by atoms with Crippen LogP contribution in [0.25, 0.3) is 0 Å². The Balaban J connectivity index is 1.84. The highest BCUT2D eigenvalue weighted by Crippen LogP contribution is 2.35. The molecule has 1 aliphatic heterocycles. The number of hydrogen-bond donors (Lipinski definition) is 0. The Hall–Kier alpha value is -0.550. The lowest BCUT2D eigenvalue weighted by Crippen LogP contribution is -2.46. The lowest BCUT2D eigenvalue weighted by Gasteiger charge is -2.44. The van der Waals surface area contributed by atoms with Crippen LogP contribution in [0.1, 0.15) is 51.4 Å². The van der Waals surface area contributed by atoms with E-state index in [1.165, 1.54) is 45.1 Å². The van der Waals surface area contributed by atoms with E-state index in [9.17, 15) is 0 Å². The number of unbranched alkanes of at least 4 members (excludes halogenated alkanes) is 1. The fourth-order valence-corrected chi connectivity index (χ4v) is 3.37. The van der Waals surface area contributed by atoms with Crippen molar-refractivity contribution in [2.75, 3.05) is 13.1 Å². The SMILES string of the molecule is N#CCCCN1CCC[C@H]2CCCC[C@H]21. The van der Waals surface area contributed by atoms with Crippen molar-refractivity contribution in [3.05, 3.63) is 0 Å². The van der Waals surface area contributed by atoms with E-state index < -0.39 is 0 Å². The molecular weight excluding hydrogens is 184 g/mol. The van der Waals surface area contributed by atoms with E-state index in [0.717, 1.165) is 31.3 Å². The van der Waals surface area contributed by atoms with Crippen molar-refractivity contribution >= 4 is 0 Å². The van der Waals surface area contributed by atoms with Gasteiger partial charge in [0.2, 0.25) is 0 Å². The van der Waals surface area contributed by atoms with E-state index in [4.69, 9.17) is 5.26 Å². The molecule has 1 saturated heterocycles. The summed E-state index contributed by atoms with van der Waals surface area (Å²) in [6, 6.07) is 3.12. The lowest BCUT2D eigenvalue weighted by molar-refractivity contribution is 0.0604. The Morgan fingerprint density at radius 1 is 1.13 bits per heavy atom. The smallest absolute Gasteiger partial charge is 0.0622 e. The second-order valence-electron chi connectivity index (χ2n) is 5.05. The van der Waals surface area contributed by atoms with Gasteiger partial charge in [0.05, 0.1) is 6.07 Å². The highest BCUT2D eigenvalue weighted by molar-refractivity contribution is 4.87. The Morgan fingerprint density at radius 3 is 2.80 bits per heavy atom. The molecule has 1 heterocycles. The van der Waals surface area contributed by atoms with Gasteiger partial charge in [-0.3, -0.25) is 0 Å². The molecule has 15 heavy (non-hydrogen) atoms. The summed E-state index contributed by atoms with van der Waals surface area (Å²) < 4.78 is 0. The zero-order chi connectivity index (χ0) is 10.5. The van der Waals surface area contributed by atoms with Gasteiger partial charge in [0.25, 0.3) is 0 Å². The van der Waals surface area contributed by atoms with Crippen molar-refractivity contribution in [2.24, 2.45) is 5.92 Å². The molecule has 2 atom stereocenters. The minimum atomic E-state index is 0.730. The number of fused-ring (bicyclic) bond motifs is 1. The summed E-state index contributed by atoms with van der Waals surface area (Å²) in [4.78, 5) is 2.67. The first kappa shape index (κ1) is 11.0. The minimum absolute atomic E-state index is 0.730. The maximum Gasteiger partial charge on any atom is 0.0622 e. The molecule has 2 heteroatoms. The first-order valence-electron chi connectivity index (χ1n) is 6.53. The van der Waals surface area contributed by atoms with Crippen LogP contribution in [-0.2, 0) is 0 Å². The zero-order valence-corrected chi connectivity index (χ0v) is 9.62. The Labute approximate surface area is 93.3 Å². The standard InChI is InChI=1S/C13H22N2/c14-9-3-4-10-15-11-5-7-12-6-1-2-8-13(12)15/h12-13H,1-8,10-11H2/t12-,13-/m1/s1. The first-order valence-corrected chi connectivity index (χ1v) is 6.53. The van der Waals surface area contributed by atoms with Crippen LogP contribution in [0.3, 0.4) is 0 Å². The van der Waals surface area contributed by atoms with E-state index in [0.29, 0.717) is 0 Å². The van der Waals surface area contributed by atoms with Gasteiger partial charge < -0.3 is 4.90 Å². The van der Waals surface area contributed by atoms with Crippen LogP contribution in [0.4, 0.5) is 0 Å². The average molecular weight is 206 g/mol. The van der Waals surface area contributed by atoms with Crippen molar-refractivity contribution in [1.82, 2.24) is 4.90 Å². The molecule has 84 valence electrons. The van der Waals surface area contributed by atoms with E-state index in [-0.39, 0.29) is 0 Å². The number of piperidine rings is 1. The van der Waals surface area contributed by atoms with Gasteiger partial charge in [-0.15, -0.1) is 0 Å². The monoisotopic (exact) mass is 206 g/mol. The Bertz CT molecular complexity index is 229. The van der Waals surface area contributed by atoms with Crippen molar-refractivity contribution in [1.29, 1.82) is 5.26 Å². The molecule has 2 aliphatic rings. The third-order valence-corrected chi connectivity index (χ3v) is 4.09. The summed E-state index contributed by atoms with van der Waals surface area (Å²) in [6.07, 6.45) is 10.4. The molecular formula is C13H22N2. The molecule has 2 nitrogen and oxygen atoms in total. The second kappa shape index (κ2) is 5.51. The van der Waals surface area contributed by atoms with Gasteiger partial charge in [-0.05, 0) is 51.1 Å². The van der Waals surface area contributed by atoms with Gasteiger partial charge in [0.1, 0.15) is 0 Å². The molecule has 0 spiro atoms. The van der Waals surface area contributed by atoms with Gasteiger partial charge >= 0.3 is 0 Å². The summed E-state index contributed by atoms with van der Waals surface area (Å²) in [5.41, 5.74) is 0. The first-order chi connectivity index (χ1) is 7.42. The molecule has 2 fully saturated rings. The molecule has 0 N–H and O–H groups in total. The van der Waals surface area contributed by atoms with Gasteiger partial charge in [-0.2, -0.15) is 5.26 Å². The molecule has 0 amide bonds. The molecule has 1 saturated carbocycles. The number of nitrogens with zero attached hydrogens (tertiary/aromatic N) is 2.